The van der Waals surface area contributed by atoms with E-state index in [1.165, 1.54) is 19.3 Å². The van der Waals surface area contributed by atoms with Crippen LogP contribution in [0.15, 0.2) is 6.20 Å². The first-order chi connectivity index (χ1) is 7.76. The van der Waals surface area contributed by atoms with Gasteiger partial charge in [-0.2, -0.15) is 5.10 Å². The summed E-state index contributed by atoms with van der Waals surface area (Å²) in [5.41, 5.74) is 3.92. The van der Waals surface area contributed by atoms with Crippen LogP contribution in [0, 0.1) is 5.92 Å². The third kappa shape index (κ3) is 2.05. The summed E-state index contributed by atoms with van der Waals surface area (Å²) in [5, 5.41) is 4.20. The van der Waals surface area contributed by atoms with Crippen LogP contribution in [0.25, 0.3) is 0 Å². The molecule has 1 aliphatic rings. The molecule has 0 amide bonds. The van der Waals surface area contributed by atoms with Crippen LogP contribution in [-0.2, 0) is 7.05 Å². The second-order valence-corrected chi connectivity index (χ2v) is 4.47. The van der Waals surface area contributed by atoms with Crippen molar-refractivity contribution in [1.82, 2.24) is 15.2 Å². The molecule has 1 fully saturated rings. The summed E-state index contributed by atoms with van der Waals surface area (Å²) in [6.07, 6.45) is 6.79. The minimum atomic E-state index is 0.132. The van der Waals surface area contributed by atoms with E-state index in [0.29, 0.717) is 0 Å². The first-order valence-corrected chi connectivity index (χ1v) is 5.78. The first kappa shape index (κ1) is 11.4. The number of aromatic nitrogens is 2. The minimum Gasteiger partial charge on any atom is -0.493 e. The summed E-state index contributed by atoms with van der Waals surface area (Å²) in [6.45, 7) is 0. The lowest BCUT2D eigenvalue weighted by molar-refractivity contribution is 0.254. The van der Waals surface area contributed by atoms with E-state index in [-0.39, 0.29) is 6.04 Å². The second-order valence-electron chi connectivity index (χ2n) is 4.47. The van der Waals surface area contributed by atoms with Gasteiger partial charge in [0.2, 0.25) is 0 Å². The van der Waals surface area contributed by atoms with Crippen LogP contribution < -0.4 is 16.0 Å². The van der Waals surface area contributed by atoms with Crippen molar-refractivity contribution in [2.75, 3.05) is 7.11 Å². The van der Waals surface area contributed by atoms with Gasteiger partial charge in [0.05, 0.1) is 25.0 Å². The summed E-state index contributed by atoms with van der Waals surface area (Å²) in [5.74, 6) is 7.24. The second kappa shape index (κ2) is 4.84. The molecule has 1 saturated carbocycles. The van der Waals surface area contributed by atoms with Crippen LogP contribution in [0.1, 0.15) is 37.4 Å². The number of hydrogen-bond donors (Lipinski definition) is 2. The molecule has 0 saturated heterocycles. The molecule has 1 aromatic heterocycles. The quantitative estimate of drug-likeness (QED) is 0.581. The maximum absolute atomic E-state index is 5.64. The molecule has 16 heavy (non-hydrogen) atoms. The molecule has 1 aromatic rings. The highest BCUT2D eigenvalue weighted by atomic mass is 16.5. The van der Waals surface area contributed by atoms with Crippen molar-refractivity contribution in [3.05, 3.63) is 11.9 Å². The zero-order valence-corrected chi connectivity index (χ0v) is 9.94. The number of rotatable bonds is 5. The molecule has 0 aromatic carbocycles. The Bertz CT molecular complexity index is 346. The predicted octanol–water partition coefficient (Wildman–Crippen LogP) is 1.12. The van der Waals surface area contributed by atoms with E-state index in [4.69, 9.17) is 10.6 Å². The molecule has 1 unspecified atom stereocenters. The molecule has 3 N–H and O–H groups in total. The maximum atomic E-state index is 5.64. The van der Waals surface area contributed by atoms with Crippen molar-refractivity contribution in [3.8, 4) is 5.75 Å². The van der Waals surface area contributed by atoms with E-state index in [9.17, 15) is 0 Å². The number of aryl methyl sites for hydroxylation is 1. The van der Waals surface area contributed by atoms with E-state index < -0.39 is 0 Å². The topological polar surface area (TPSA) is 65.1 Å². The van der Waals surface area contributed by atoms with Gasteiger partial charge in [0, 0.05) is 7.05 Å². The van der Waals surface area contributed by atoms with E-state index in [0.717, 1.165) is 23.8 Å². The van der Waals surface area contributed by atoms with Crippen LogP contribution in [0.3, 0.4) is 0 Å². The molecule has 0 radical (unpaired) electrons. The standard InChI is InChI=1S/C11H20N4O/c1-15-11(10(16-2)7-13-15)9(14-12)6-8-4-3-5-8/h7-9,14H,3-6,12H2,1-2H3. The molecule has 5 heteroatoms. The monoisotopic (exact) mass is 224 g/mol. The van der Waals surface area contributed by atoms with Gasteiger partial charge in [-0.3, -0.25) is 16.0 Å². The average Bonchev–Trinajstić information content (AvgIpc) is 2.59. The highest BCUT2D eigenvalue weighted by Crippen LogP contribution is 2.36. The summed E-state index contributed by atoms with van der Waals surface area (Å²) in [6, 6.07) is 0.132. The van der Waals surface area contributed by atoms with Gasteiger partial charge in [-0.05, 0) is 12.3 Å². The lowest BCUT2D eigenvalue weighted by Crippen LogP contribution is -2.32. The molecule has 5 nitrogen and oxygen atoms in total. The molecule has 1 atom stereocenters. The highest BCUT2D eigenvalue weighted by molar-refractivity contribution is 5.28. The fraction of sp³-hybridized carbons (Fsp3) is 0.727. The first-order valence-electron chi connectivity index (χ1n) is 5.78. The minimum absolute atomic E-state index is 0.132. The fourth-order valence-electron chi connectivity index (χ4n) is 2.30. The summed E-state index contributed by atoms with van der Waals surface area (Å²) in [7, 11) is 3.58. The van der Waals surface area contributed by atoms with Crippen molar-refractivity contribution >= 4 is 0 Å². The molecule has 2 rings (SSSR count). The summed E-state index contributed by atoms with van der Waals surface area (Å²) in [4.78, 5) is 0. The van der Waals surface area contributed by atoms with Gasteiger partial charge in [-0.25, -0.2) is 0 Å². The summed E-state index contributed by atoms with van der Waals surface area (Å²) < 4.78 is 7.14. The van der Waals surface area contributed by atoms with Crippen LogP contribution in [0.2, 0.25) is 0 Å². The molecule has 0 spiro atoms. The van der Waals surface area contributed by atoms with Crippen molar-refractivity contribution in [2.24, 2.45) is 18.8 Å². The number of nitrogens with one attached hydrogen (secondary N) is 1. The van der Waals surface area contributed by atoms with Gasteiger partial charge < -0.3 is 4.74 Å². The van der Waals surface area contributed by atoms with Crippen molar-refractivity contribution < 1.29 is 4.74 Å². The van der Waals surface area contributed by atoms with E-state index in [1.54, 1.807) is 13.3 Å². The van der Waals surface area contributed by atoms with Crippen LogP contribution in [-0.4, -0.2) is 16.9 Å². The smallest absolute Gasteiger partial charge is 0.161 e. The van der Waals surface area contributed by atoms with Gasteiger partial charge in [0.15, 0.2) is 5.75 Å². The van der Waals surface area contributed by atoms with E-state index >= 15 is 0 Å². The molecule has 1 heterocycles. The molecule has 0 aliphatic heterocycles. The van der Waals surface area contributed by atoms with Crippen LogP contribution in [0.4, 0.5) is 0 Å². The Balaban J connectivity index is 2.13. The number of methoxy groups -OCH3 is 1. The van der Waals surface area contributed by atoms with Crippen molar-refractivity contribution in [1.29, 1.82) is 0 Å². The summed E-state index contributed by atoms with van der Waals surface area (Å²) >= 11 is 0. The van der Waals surface area contributed by atoms with Gasteiger partial charge >= 0.3 is 0 Å². The number of nitrogens with zero attached hydrogens (tertiary/aromatic N) is 2. The van der Waals surface area contributed by atoms with Crippen molar-refractivity contribution in [2.45, 2.75) is 31.7 Å². The number of hydrazine groups is 1. The third-order valence-corrected chi connectivity index (χ3v) is 3.49. The van der Waals surface area contributed by atoms with Gasteiger partial charge in [-0.1, -0.05) is 19.3 Å². The number of ether oxygens (including phenoxy) is 1. The fourth-order valence-corrected chi connectivity index (χ4v) is 2.30. The van der Waals surface area contributed by atoms with Gasteiger partial charge in [-0.15, -0.1) is 0 Å². The molecular weight excluding hydrogens is 204 g/mol. The Morgan fingerprint density at radius 2 is 2.44 bits per heavy atom. The Labute approximate surface area is 95.9 Å². The lowest BCUT2D eigenvalue weighted by Gasteiger charge is -2.29. The Hall–Kier alpha value is -1.07. The zero-order chi connectivity index (χ0) is 11.5. The molecular formula is C11H20N4O. The largest absolute Gasteiger partial charge is 0.493 e. The van der Waals surface area contributed by atoms with E-state index in [2.05, 4.69) is 10.5 Å². The number of hydrogen-bond acceptors (Lipinski definition) is 4. The predicted molar refractivity (Wildman–Crippen MR) is 61.8 cm³/mol. The Kier molecular flexibility index (Phi) is 3.46. The average molecular weight is 224 g/mol. The van der Waals surface area contributed by atoms with Gasteiger partial charge in [0.25, 0.3) is 0 Å². The maximum Gasteiger partial charge on any atom is 0.161 e. The number of nitrogens with two attached hydrogens (primary N) is 1. The highest BCUT2D eigenvalue weighted by Gasteiger charge is 2.26. The molecule has 1 aliphatic carbocycles. The molecule has 0 bridgehead atoms. The zero-order valence-electron chi connectivity index (χ0n) is 9.94. The normalized spacial score (nSPS) is 18.2. The van der Waals surface area contributed by atoms with Crippen molar-refractivity contribution in [3.63, 3.8) is 0 Å². The van der Waals surface area contributed by atoms with E-state index in [1.807, 2.05) is 11.7 Å². The third-order valence-electron chi connectivity index (χ3n) is 3.49. The van der Waals surface area contributed by atoms with Crippen LogP contribution in [0.5, 0.6) is 5.75 Å². The molecule has 90 valence electrons. The SMILES string of the molecule is COc1cnn(C)c1C(CC1CCC1)NN. The van der Waals surface area contributed by atoms with Gasteiger partial charge in [0.1, 0.15) is 0 Å². The Morgan fingerprint density at radius 3 is 2.94 bits per heavy atom. The lowest BCUT2D eigenvalue weighted by atomic mass is 9.80. The van der Waals surface area contributed by atoms with Crippen LogP contribution >= 0.6 is 0 Å². The Morgan fingerprint density at radius 1 is 1.69 bits per heavy atom.